The van der Waals surface area contributed by atoms with Gasteiger partial charge in [0.1, 0.15) is 0 Å². The Morgan fingerprint density at radius 1 is 0.846 bits per heavy atom. The van der Waals surface area contributed by atoms with Gasteiger partial charge in [-0.1, -0.05) is 0 Å². The molecule has 0 saturated heterocycles. The van der Waals surface area contributed by atoms with Crippen LogP contribution in [0.4, 0.5) is 0 Å². The predicted molar refractivity (Wildman–Crippen MR) is 53.7 cm³/mol. The number of halogens is 1. The number of rotatable bonds is 0. The molecule has 5 heteroatoms. The van der Waals surface area contributed by atoms with Crippen molar-refractivity contribution in [3.8, 4) is 0 Å². The molecule has 72 valence electrons. The van der Waals surface area contributed by atoms with Gasteiger partial charge in [0.25, 0.3) is 0 Å². The summed E-state index contributed by atoms with van der Waals surface area (Å²) in [4.78, 5) is 7.57. The Labute approximate surface area is 83.7 Å². The van der Waals surface area contributed by atoms with E-state index in [9.17, 15) is 0 Å². The molecule has 0 aromatic carbocycles. The lowest BCUT2D eigenvalue weighted by atomic mass is 10.9. The molecule has 0 atom stereocenters. The van der Waals surface area contributed by atoms with Gasteiger partial charge >= 0.3 is 0 Å². The van der Waals surface area contributed by atoms with E-state index in [0.29, 0.717) is 0 Å². The summed E-state index contributed by atoms with van der Waals surface area (Å²) in [6, 6.07) is 0. The van der Waals surface area contributed by atoms with Crippen molar-refractivity contribution in [1.82, 2.24) is 19.1 Å². The summed E-state index contributed by atoms with van der Waals surface area (Å²) >= 11 is 0. The highest BCUT2D eigenvalue weighted by Crippen LogP contribution is 1.74. The molecular weight excluding hydrogens is 188 g/mol. The topological polar surface area (TPSA) is 35.6 Å². The number of nitrogens with zero attached hydrogens (tertiary/aromatic N) is 4. The van der Waals surface area contributed by atoms with Gasteiger partial charge in [-0.05, 0) is 0 Å². The summed E-state index contributed by atoms with van der Waals surface area (Å²) in [5, 5.41) is 0. The first-order valence-electron chi connectivity index (χ1n) is 3.63. The second-order valence-corrected chi connectivity index (χ2v) is 2.46. The van der Waals surface area contributed by atoms with Gasteiger partial charge in [-0.2, -0.15) is 0 Å². The van der Waals surface area contributed by atoms with Crippen molar-refractivity contribution in [3.63, 3.8) is 0 Å². The number of hydrogen-bond donors (Lipinski definition) is 0. The maximum absolute atomic E-state index is 3.78. The summed E-state index contributed by atoms with van der Waals surface area (Å²) in [6.07, 6.45) is 10.8. The molecule has 0 N–H and O–H groups in total. The molecule has 0 unspecified atom stereocenters. The van der Waals surface area contributed by atoms with Crippen LogP contribution in [0.3, 0.4) is 0 Å². The Morgan fingerprint density at radius 3 is 1.31 bits per heavy atom. The van der Waals surface area contributed by atoms with Gasteiger partial charge in [0.05, 0.1) is 12.7 Å². The molecule has 2 rings (SSSR count). The monoisotopic (exact) mass is 200 g/mol. The van der Waals surface area contributed by atoms with Crippen LogP contribution < -0.4 is 0 Å². The first kappa shape index (κ1) is 11.7. The molecule has 0 fully saturated rings. The molecule has 2 aromatic heterocycles. The van der Waals surface area contributed by atoms with Gasteiger partial charge in [0.2, 0.25) is 0 Å². The number of hydrogen-bond acceptors (Lipinski definition) is 2. The van der Waals surface area contributed by atoms with E-state index >= 15 is 0 Å². The van der Waals surface area contributed by atoms with Crippen molar-refractivity contribution < 1.29 is 0 Å². The van der Waals surface area contributed by atoms with E-state index in [1.807, 2.05) is 35.6 Å². The average Bonchev–Trinajstić information content (AvgIpc) is 2.63. The van der Waals surface area contributed by atoms with Gasteiger partial charge in [-0.15, -0.1) is 12.4 Å². The van der Waals surface area contributed by atoms with Crippen LogP contribution in [0.1, 0.15) is 0 Å². The maximum Gasteiger partial charge on any atom is 0.0943 e. The normalized spacial score (nSPS) is 8.15. The van der Waals surface area contributed by atoms with Crippen LogP contribution in [0.15, 0.2) is 37.4 Å². The van der Waals surface area contributed by atoms with Crippen molar-refractivity contribution in [2.75, 3.05) is 0 Å². The summed E-state index contributed by atoms with van der Waals surface area (Å²) < 4.78 is 3.78. The molecule has 0 aliphatic heterocycles. The van der Waals surface area contributed by atoms with Crippen LogP contribution in [0.25, 0.3) is 0 Å². The molecule has 2 aromatic rings. The van der Waals surface area contributed by atoms with E-state index in [4.69, 9.17) is 0 Å². The number of aryl methyl sites for hydroxylation is 2. The molecule has 0 aliphatic carbocycles. The zero-order chi connectivity index (χ0) is 8.81. The molecule has 0 aliphatic rings. The largest absolute Gasteiger partial charge is 0.341 e. The standard InChI is InChI=1S/2C4H6N2.ClH/c2*1-6-3-2-5-4-6;/h2*2-4H,1H3;1H. The minimum atomic E-state index is 0. The second-order valence-electron chi connectivity index (χ2n) is 2.46. The zero-order valence-electron chi connectivity index (χ0n) is 7.66. The summed E-state index contributed by atoms with van der Waals surface area (Å²) in [5.41, 5.74) is 0. The Hall–Kier alpha value is -1.29. The second kappa shape index (κ2) is 6.25. The molecule has 0 saturated carbocycles. The van der Waals surface area contributed by atoms with Crippen LogP contribution in [0.5, 0.6) is 0 Å². The van der Waals surface area contributed by atoms with Crippen LogP contribution in [0, 0.1) is 0 Å². The number of aromatic nitrogens is 4. The average molecular weight is 201 g/mol. The van der Waals surface area contributed by atoms with Crippen molar-refractivity contribution in [2.45, 2.75) is 0 Å². The van der Waals surface area contributed by atoms with E-state index in [0.717, 1.165) is 0 Å². The van der Waals surface area contributed by atoms with Gasteiger partial charge < -0.3 is 9.13 Å². The van der Waals surface area contributed by atoms with Crippen LogP contribution in [-0.4, -0.2) is 19.1 Å². The third kappa shape index (κ3) is 5.03. The summed E-state index contributed by atoms with van der Waals surface area (Å²) in [7, 11) is 3.88. The molecule has 2 heterocycles. The smallest absolute Gasteiger partial charge is 0.0943 e. The lowest BCUT2D eigenvalue weighted by Crippen LogP contribution is -1.76. The van der Waals surface area contributed by atoms with Crippen molar-refractivity contribution in [2.24, 2.45) is 14.1 Å². The van der Waals surface area contributed by atoms with E-state index in [2.05, 4.69) is 9.97 Å². The van der Waals surface area contributed by atoms with Crippen LogP contribution in [0.2, 0.25) is 0 Å². The molecule has 4 nitrogen and oxygen atoms in total. The highest BCUT2D eigenvalue weighted by molar-refractivity contribution is 5.85. The fraction of sp³-hybridized carbons (Fsp3) is 0.250. The van der Waals surface area contributed by atoms with Crippen molar-refractivity contribution >= 4 is 12.4 Å². The van der Waals surface area contributed by atoms with E-state index in [-0.39, 0.29) is 12.4 Å². The Morgan fingerprint density at radius 2 is 1.23 bits per heavy atom. The first-order chi connectivity index (χ1) is 5.79. The van der Waals surface area contributed by atoms with Crippen LogP contribution >= 0.6 is 12.4 Å². The molecular formula is C8H13ClN4. The van der Waals surface area contributed by atoms with Crippen LogP contribution in [-0.2, 0) is 14.1 Å². The van der Waals surface area contributed by atoms with E-state index in [1.165, 1.54) is 0 Å². The zero-order valence-corrected chi connectivity index (χ0v) is 8.48. The van der Waals surface area contributed by atoms with Gasteiger partial charge in [-0.25, -0.2) is 9.97 Å². The lowest BCUT2D eigenvalue weighted by Gasteiger charge is -1.76. The maximum atomic E-state index is 3.78. The number of imidazole rings is 2. The summed E-state index contributed by atoms with van der Waals surface area (Å²) in [5.74, 6) is 0. The third-order valence-corrected chi connectivity index (χ3v) is 1.27. The van der Waals surface area contributed by atoms with Gasteiger partial charge in [-0.3, -0.25) is 0 Å². The minimum Gasteiger partial charge on any atom is -0.341 e. The van der Waals surface area contributed by atoms with Crippen molar-refractivity contribution in [3.05, 3.63) is 37.4 Å². The fourth-order valence-corrected chi connectivity index (χ4v) is 0.652. The SMILES string of the molecule is Cl.Cn1ccnc1.Cn1ccnc1. The lowest BCUT2D eigenvalue weighted by molar-refractivity contribution is 0.913. The molecule has 0 spiro atoms. The molecule has 0 amide bonds. The highest BCUT2D eigenvalue weighted by atomic mass is 35.5. The van der Waals surface area contributed by atoms with Gasteiger partial charge in [0, 0.05) is 38.9 Å². The van der Waals surface area contributed by atoms with Crippen molar-refractivity contribution in [1.29, 1.82) is 0 Å². The third-order valence-electron chi connectivity index (χ3n) is 1.27. The summed E-state index contributed by atoms with van der Waals surface area (Å²) in [6.45, 7) is 0. The predicted octanol–water partition coefficient (Wildman–Crippen LogP) is 1.26. The Bertz CT molecular complexity index is 256. The quantitative estimate of drug-likeness (QED) is 0.642. The minimum absolute atomic E-state index is 0. The van der Waals surface area contributed by atoms with Gasteiger partial charge in [0.15, 0.2) is 0 Å². The Kier molecular flexibility index (Phi) is 5.63. The fourth-order valence-electron chi connectivity index (χ4n) is 0.652. The molecule has 0 bridgehead atoms. The van der Waals surface area contributed by atoms with E-state index < -0.39 is 0 Å². The first-order valence-corrected chi connectivity index (χ1v) is 3.63. The molecule has 13 heavy (non-hydrogen) atoms. The molecule has 0 radical (unpaired) electrons. The Balaban J connectivity index is 0.000000206. The van der Waals surface area contributed by atoms with E-state index in [1.54, 1.807) is 25.0 Å². The highest BCUT2D eigenvalue weighted by Gasteiger charge is 1.69.